The lowest BCUT2D eigenvalue weighted by Gasteiger charge is -2.29. The average molecular weight is 249 g/mol. The summed E-state index contributed by atoms with van der Waals surface area (Å²) in [6.45, 7) is 7.95. The second-order valence-corrected chi connectivity index (χ2v) is 5.11. The third kappa shape index (κ3) is 3.33. The molecule has 0 saturated heterocycles. The summed E-state index contributed by atoms with van der Waals surface area (Å²) in [6, 6.07) is 5.84. The Balaban J connectivity index is 2.95. The van der Waals surface area contributed by atoms with Gasteiger partial charge in [-0.15, -0.1) is 0 Å². The highest BCUT2D eigenvalue weighted by Crippen LogP contribution is 2.18. The molecular weight excluding hydrogens is 226 g/mol. The van der Waals surface area contributed by atoms with Gasteiger partial charge in [0.05, 0.1) is 0 Å². The van der Waals surface area contributed by atoms with Crippen LogP contribution < -0.4 is 5.32 Å². The lowest BCUT2D eigenvalue weighted by atomic mass is 9.93. The minimum atomic E-state index is -0.347. The molecule has 100 valence electrons. The van der Waals surface area contributed by atoms with Crippen molar-refractivity contribution in [2.24, 2.45) is 0 Å². The van der Waals surface area contributed by atoms with Gasteiger partial charge in [0.15, 0.2) is 0 Å². The Hall–Kier alpha value is -1.35. The highest BCUT2D eigenvalue weighted by molar-refractivity contribution is 5.97. The van der Waals surface area contributed by atoms with Gasteiger partial charge < -0.3 is 10.4 Å². The molecule has 18 heavy (non-hydrogen) atoms. The lowest BCUT2D eigenvalue weighted by Crippen LogP contribution is -2.46. The Morgan fingerprint density at radius 3 is 2.33 bits per heavy atom. The van der Waals surface area contributed by atoms with E-state index in [-0.39, 0.29) is 18.1 Å². The number of hydrogen-bond donors (Lipinski definition) is 2. The molecule has 2 N–H and O–H groups in total. The van der Waals surface area contributed by atoms with Crippen LogP contribution in [0.4, 0.5) is 0 Å². The van der Waals surface area contributed by atoms with E-state index in [1.54, 1.807) is 0 Å². The standard InChI is InChI=1S/C15H23NO2/c1-5-15(4,9-10-17)16-14(18)13-11(2)7-6-8-12(13)3/h6-8,17H,5,9-10H2,1-4H3,(H,16,18). The van der Waals surface area contributed by atoms with Crippen LogP contribution in [-0.4, -0.2) is 23.2 Å². The summed E-state index contributed by atoms with van der Waals surface area (Å²) in [5.74, 6) is -0.0524. The third-order valence-electron chi connectivity index (χ3n) is 3.57. The molecule has 3 nitrogen and oxygen atoms in total. The first-order valence-electron chi connectivity index (χ1n) is 6.43. The number of amides is 1. The predicted molar refractivity (Wildman–Crippen MR) is 73.8 cm³/mol. The van der Waals surface area contributed by atoms with Crippen molar-refractivity contribution in [1.82, 2.24) is 5.32 Å². The first kappa shape index (κ1) is 14.7. The first-order chi connectivity index (χ1) is 8.43. The summed E-state index contributed by atoms with van der Waals surface area (Å²) in [6.07, 6.45) is 1.37. The number of nitrogens with one attached hydrogen (secondary N) is 1. The van der Waals surface area contributed by atoms with Crippen LogP contribution in [0.5, 0.6) is 0 Å². The number of aryl methyl sites for hydroxylation is 2. The predicted octanol–water partition coefficient (Wildman–Crippen LogP) is 2.58. The molecule has 1 atom stereocenters. The molecule has 0 radical (unpaired) electrons. The maximum Gasteiger partial charge on any atom is 0.252 e. The summed E-state index contributed by atoms with van der Waals surface area (Å²) in [4.78, 5) is 12.3. The number of carbonyl (C=O) groups is 1. The molecule has 0 aliphatic carbocycles. The Bertz CT molecular complexity index is 408. The molecule has 1 amide bonds. The molecule has 1 unspecified atom stereocenters. The van der Waals surface area contributed by atoms with Gasteiger partial charge in [-0.1, -0.05) is 25.1 Å². The van der Waals surface area contributed by atoms with E-state index in [1.165, 1.54) is 0 Å². The van der Waals surface area contributed by atoms with Crippen molar-refractivity contribution in [3.8, 4) is 0 Å². The van der Waals surface area contributed by atoms with Gasteiger partial charge in [0.1, 0.15) is 0 Å². The Kier molecular flexibility index (Phi) is 4.91. The zero-order valence-electron chi connectivity index (χ0n) is 11.7. The molecule has 0 aliphatic heterocycles. The summed E-state index contributed by atoms with van der Waals surface area (Å²) in [5, 5.41) is 12.1. The van der Waals surface area contributed by atoms with Crippen LogP contribution in [0, 0.1) is 13.8 Å². The monoisotopic (exact) mass is 249 g/mol. The molecule has 1 aromatic rings. The average Bonchev–Trinajstić information content (AvgIpc) is 2.29. The van der Waals surface area contributed by atoms with Crippen molar-refractivity contribution in [3.63, 3.8) is 0 Å². The van der Waals surface area contributed by atoms with Crippen LogP contribution in [0.3, 0.4) is 0 Å². The van der Waals surface area contributed by atoms with Crippen LogP contribution in [0.2, 0.25) is 0 Å². The van der Waals surface area contributed by atoms with Crippen molar-refractivity contribution >= 4 is 5.91 Å². The van der Waals surface area contributed by atoms with E-state index in [9.17, 15) is 4.79 Å². The van der Waals surface area contributed by atoms with Crippen LogP contribution in [0.1, 0.15) is 48.2 Å². The normalized spacial score (nSPS) is 14.1. The van der Waals surface area contributed by atoms with Crippen molar-refractivity contribution in [1.29, 1.82) is 0 Å². The Morgan fingerprint density at radius 1 is 1.33 bits per heavy atom. The van der Waals surface area contributed by atoms with E-state index in [4.69, 9.17) is 5.11 Å². The third-order valence-corrected chi connectivity index (χ3v) is 3.57. The number of aliphatic hydroxyl groups excluding tert-OH is 1. The van der Waals surface area contributed by atoms with Crippen molar-refractivity contribution in [3.05, 3.63) is 34.9 Å². The summed E-state index contributed by atoms with van der Waals surface area (Å²) >= 11 is 0. The fraction of sp³-hybridized carbons (Fsp3) is 0.533. The fourth-order valence-corrected chi connectivity index (χ4v) is 2.08. The molecule has 3 heteroatoms. The molecule has 1 aromatic carbocycles. The smallest absolute Gasteiger partial charge is 0.252 e. The maximum absolute atomic E-state index is 12.3. The Labute approximate surface area is 109 Å². The number of hydrogen-bond acceptors (Lipinski definition) is 2. The van der Waals surface area contributed by atoms with Gasteiger partial charge in [-0.25, -0.2) is 0 Å². The van der Waals surface area contributed by atoms with Crippen molar-refractivity contribution in [2.75, 3.05) is 6.61 Å². The maximum atomic E-state index is 12.3. The molecular formula is C15H23NO2. The molecule has 0 heterocycles. The number of benzene rings is 1. The molecule has 1 rings (SSSR count). The summed E-state index contributed by atoms with van der Waals surface area (Å²) in [5.41, 5.74) is 2.36. The molecule has 0 saturated carbocycles. The van der Waals surface area contributed by atoms with E-state index < -0.39 is 0 Å². The van der Waals surface area contributed by atoms with E-state index in [0.29, 0.717) is 6.42 Å². The van der Waals surface area contributed by atoms with E-state index in [0.717, 1.165) is 23.1 Å². The van der Waals surface area contributed by atoms with Crippen LogP contribution >= 0.6 is 0 Å². The van der Waals surface area contributed by atoms with Gasteiger partial charge in [-0.3, -0.25) is 4.79 Å². The van der Waals surface area contributed by atoms with Gasteiger partial charge in [0, 0.05) is 17.7 Å². The number of aliphatic hydroxyl groups is 1. The van der Waals surface area contributed by atoms with Crippen LogP contribution in [0.25, 0.3) is 0 Å². The zero-order chi connectivity index (χ0) is 13.8. The van der Waals surface area contributed by atoms with Crippen LogP contribution in [-0.2, 0) is 0 Å². The van der Waals surface area contributed by atoms with E-state index in [1.807, 2.05) is 45.9 Å². The van der Waals surface area contributed by atoms with Gasteiger partial charge in [0.25, 0.3) is 5.91 Å². The minimum absolute atomic E-state index is 0.0524. The molecule has 0 aromatic heterocycles. The van der Waals surface area contributed by atoms with Gasteiger partial charge in [-0.2, -0.15) is 0 Å². The van der Waals surface area contributed by atoms with Gasteiger partial charge >= 0.3 is 0 Å². The zero-order valence-corrected chi connectivity index (χ0v) is 11.7. The van der Waals surface area contributed by atoms with Crippen molar-refractivity contribution in [2.45, 2.75) is 46.1 Å². The second kappa shape index (κ2) is 6.01. The molecule has 0 aliphatic rings. The second-order valence-electron chi connectivity index (χ2n) is 5.11. The highest BCUT2D eigenvalue weighted by atomic mass is 16.3. The Morgan fingerprint density at radius 2 is 1.89 bits per heavy atom. The molecule has 0 bridgehead atoms. The number of carbonyl (C=O) groups excluding carboxylic acids is 1. The topological polar surface area (TPSA) is 49.3 Å². The number of rotatable bonds is 5. The van der Waals surface area contributed by atoms with Gasteiger partial charge in [0.2, 0.25) is 0 Å². The summed E-state index contributed by atoms with van der Waals surface area (Å²) in [7, 11) is 0. The first-order valence-corrected chi connectivity index (χ1v) is 6.43. The molecule has 0 fully saturated rings. The lowest BCUT2D eigenvalue weighted by molar-refractivity contribution is 0.0885. The van der Waals surface area contributed by atoms with Crippen molar-refractivity contribution < 1.29 is 9.90 Å². The SMILES string of the molecule is CCC(C)(CCO)NC(=O)c1c(C)cccc1C. The summed E-state index contributed by atoms with van der Waals surface area (Å²) < 4.78 is 0. The quantitative estimate of drug-likeness (QED) is 0.842. The highest BCUT2D eigenvalue weighted by Gasteiger charge is 2.25. The van der Waals surface area contributed by atoms with Gasteiger partial charge in [-0.05, 0) is 44.7 Å². The van der Waals surface area contributed by atoms with E-state index >= 15 is 0 Å². The minimum Gasteiger partial charge on any atom is -0.396 e. The molecule has 0 spiro atoms. The van der Waals surface area contributed by atoms with Crippen LogP contribution in [0.15, 0.2) is 18.2 Å². The fourth-order valence-electron chi connectivity index (χ4n) is 2.08. The van der Waals surface area contributed by atoms with E-state index in [2.05, 4.69) is 5.32 Å². The largest absolute Gasteiger partial charge is 0.396 e.